The first-order chi connectivity index (χ1) is 8.63. The second kappa shape index (κ2) is 7.71. The molecule has 18 heavy (non-hydrogen) atoms. The summed E-state index contributed by atoms with van der Waals surface area (Å²) in [6, 6.07) is 7.87. The van der Waals surface area contributed by atoms with Gasteiger partial charge in [0.05, 0.1) is 19.8 Å². The zero-order chi connectivity index (χ0) is 13.4. The molecule has 0 saturated heterocycles. The molecule has 0 saturated carbocycles. The molecule has 1 rings (SSSR count). The van der Waals surface area contributed by atoms with E-state index in [2.05, 4.69) is 5.32 Å². The Labute approximate surface area is 108 Å². The highest BCUT2D eigenvalue weighted by Crippen LogP contribution is 2.17. The Morgan fingerprint density at radius 3 is 2.72 bits per heavy atom. The molecule has 0 aliphatic heterocycles. The van der Waals surface area contributed by atoms with E-state index < -0.39 is 0 Å². The van der Waals surface area contributed by atoms with Crippen LogP contribution in [0.1, 0.15) is 19.4 Å². The quantitative estimate of drug-likeness (QED) is 0.593. The van der Waals surface area contributed by atoms with Crippen molar-refractivity contribution in [2.45, 2.75) is 26.4 Å². The molecule has 0 radical (unpaired) electrons. The summed E-state index contributed by atoms with van der Waals surface area (Å²) < 4.78 is 10.3. The SMILES string of the molecule is COc1ccccc1CCNCC(=O)OC(C)C. The number of ether oxygens (including phenoxy) is 2. The van der Waals surface area contributed by atoms with E-state index in [0.717, 1.165) is 17.7 Å². The maximum atomic E-state index is 11.3. The molecule has 1 aromatic carbocycles. The molecule has 0 heterocycles. The van der Waals surface area contributed by atoms with Gasteiger partial charge in [-0.05, 0) is 38.4 Å². The standard InChI is InChI=1S/C14H21NO3/c1-11(2)18-14(16)10-15-9-8-12-6-4-5-7-13(12)17-3/h4-7,11,15H,8-10H2,1-3H3. The summed E-state index contributed by atoms with van der Waals surface area (Å²) in [6.45, 7) is 4.64. The number of benzene rings is 1. The number of rotatable bonds is 7. The molecular weight excluding hydrogens is 230 g/mol. The largest absolute Gasteiger partial charge is 0.496 e. The lowest BCUT2D eigenvalue weighted by molar-refractivity contribution is -0.146. The Bertz CT molecular complexity index is 377. The van der Waals surface area contributed by atoms with Crippen LogP contribution in [-0.4, -0.2) is 32.3 Å². The Hall–Kier alpha value is -1.55. The maximum Gasteiger partial charge on any atom is 0.320 e. The summed E-state index contributed by atoms with van der Waals surface area (Å²) in [7, 11) is 1.66. The van der Waals surface area contributed by atoms with E-state index in [1.54, 1.807) is 7.11 Å². The van der Waals surface area contributed by atoms with Crippen molar-refractivity contribution in [3.8, 4) is 5.75 Å². The van der Waals surface area contributed by atoms with Gasteiger partial charge in [0.15, 0.2) is 0 Å². The maximum absolute atomic E-state index is 11.3. The van der Waals surface area contributed by atoms with Crippen LogP contribution in [0.3, 0.4) is 0 Å². The van der Waals surface area contributed by atoms with Crippen LogP contribution >= 0.6 is 0 Å². The van der Waals surface area contributed by atoms with Gasteiger partial charge in [-0.25, -0.2) is 0 Å². The second-order valence-corrected chi connectivity index (χ2v) is 4.28. The van der Waals surface area contributed by atoms with Crippen LogP contribution in [-0.2, 0) is 16.0 Å². The molecule has 4 heteroatoms. The van der Waals surface area contributed by atoms with Gasteiger partial charge in [-0.15, -0.1) is 0 Å². The molecule has 0 unspecified atom stereocenters. The van der Waals surface area contributed by atoms with Crippen molar-refractivity contribution < 1.29 is 14.3 Å². The minimum absolute atomic E-state index is 0.0616. The summed E-state index contributed by atoms with van der Waals surface area (Å²) in [5.74, 6) is 0.661. The summed E-state index contributed by atoms with van der Waals surface area (Å²) >= 11 is 0. The molecule has 0 aromatic heterocycles. The Kier molecular flexibility index (Phi) is 6.22. The highest BCUT2D eigenvalue weighted by Gasteiger charge is 2.05. The van der Waals surface area contributed by atoms with Gasteiger partial charge in [-0.1, -0.05) is 18.2 Å². The first kappa shape index (κ1) is 14.5. The van der Waals surface area contributed by atoms with Crippen LogP contribution in [0, 0.1) is 0 Å². The highest BCUT2D eigenvalue weighted by atomic mass is 16.5. The first-order valence-corrected chi connectivity index (χ1v) is 6.15. The van der Waals surface area contributed by atoms with Crippen LogP contribution in [0.2, 0.25) is 0 Å². The van der Waals surface area contributed by atoms with Crippen LogP contribution in [0.15, 0.2) is 24.3 Å². The second-order valence-electron chi connectivity index (χ2n) is 4.28. The predicted octanol–water partition coefficient (Wildman–Crippen LogP) is 1.78. The first-order valence-electron chi connectivity index (χ1n) is 6.15. The fourth-order valence-electron chi connectivity index (χ4n) is 1.63. The lowest BCUT2D eigenvalue weighted by Crippen LogP contribution is -2.28. The molecule has 0 amide bonds. The van der Waals surface area contributed by atoms with Gasteiger partial charge in [-0.2, -0.15) is 0 Å². The Morgan fingerprint density at radius 1 is 1.33 bits per heavy atom. The van der Waals surface area contributed by atoms with E-state index in [-0.39, 0.29) is 18.6 Å². The number of esters is 1. The average molecular weight is 251 g/mol. The molecule has 0 aliphatic carbocycles. The summed E-state index contributed by atoms with van der Waals surface area (Å²) in [5, 5.41) is 3.06. The third-order valence-corrected chi connectivity index (χ3v) is 2.40. The lowest BCUT2D eigenvalue weighted by atomic mass is 10.1. The number of carbonyl (C=O) groups excluding carboxylic acids is 1. The Morgan fingerprint density at radius 2 is 2.06 bits per heavy atom. The molecule has 0 fully saturated rings. The van der Waals surface area contributed by atoms with Crippen LogP contribution in [0.25, 0.3) is 0 Å². The smallest absolute Gasteiger partial charge is 0.320 e. The van der Waals surface area contributed by atoms with Crippen molar-refractivity contribution >= 4 is 5.97 Å². The third kappa shape index (κ3) is 5.19. The minimum atomic E-state index is -0.218. The lowest BCUT2D eigenvalue weighted by Gasteiger charge is -2.10. The van der Waals surface area contributed by atoms with Gasteiger partial charge in [0.25, 0.3) is 0 Å². The number of hydrogen-bond acceptors (Lipinski definition) is 4. The normalized spacial score (nSPS) is 10.4. The summed E-state index contributed by atoms with van der Waals surface area (Å²) in [5.41, 5.74) is 1.13. The minimum Gasteiger partial charge on any atom is -0.496 e. The molecule has 0 atom stereocenters. The molecular formula is C14H21NO3. The molecule has 1 N–H and O–H groups in total. The summed E-state index contributed by atoms with van der Waals surface area (Å²) in [6.07, 6.45) is 0.757. The molecule has 100 valence electrons. The predicted molar refractivity (Wildman–Crippen MR) is 70.8 cm³/mol. The number of hydrogen-bond donors (Lipinski definition) is 1. The van der Waals surface area contributed by atoms with E-state index in [9.17, 15) is 4.79 Å². The van der Waals surface area contributed by atoms with Gasteiger partial charge in [0.1, 0.15) is 5.75 Å². The molecule has 1 aromatic rings. The van der Waals surface area contributed by atoms with E-state index in [1.807, 2.05) is 38.1 Å². The van der Waals surface area contributed by atoms with Crippen molar-refractivity contribution in [1.29, 1.82) is 0 Å². The average Bonchev–Trinajstić information content (AvgIpc) is 2.34. The monoisotopic (exact) mass is 251 g/mol. The molecule has 4 nitrogen and oxygen atoms in total. The topological polar surface area (TPSA) is 47.6 Å². The van der Waals surface area contributed by atoms with E-state index in [1.165, 1.54) is 0 Å². The van der Waals surface area contributed by atoms with Crippen molar-refractivity contribution in [1.82, 2.24) is 5.32 Å². The highest BCUT2D eigenvalue weighted by molar-refractivity contribution is 5.71. The van der Waals surface area contributed by atoms with Crippen molar-refractivity contribution in [3.05, 3.63) is 29.8 Å². The molecule has 0 spiro atoms. The van der Waals surface area contributed by atoms with Crippen molar-refractivity contribution in [3.63, 3.8) is 0 Å². The fourth-order valence-corrected chi connectivity index (χ4v) is 1.63. The number of para-hydroxylation sites is 1. The Balaban J connectivity index is 2.27. The van der Waals surface area contributed by atoms with Crippen molar-refractivity contribution in [2.24, 2.45) is 0 Å². The van der Waals surface area contributed by atoms with Gasteiger partial charge >= 0.3 is 5.97 Å². The van der Waals surface area contributed by atoms with E-state index in [4.69, 9.17) is 9.47 Å². The summed E-state index contributed by atoms with van der Waals surface area (Å²) in [4.78, 5) is 11.3. The van der Waals surface area contributed by atoms with Gasteiger partial charge in [0, 0.05) is 0 Å². The van der Waals surface area contributed by atoms with Gasteiger partial charge in [-0.3, -0.25) is 4.79 Å². The zero-order valence-corrected chi connectivity index (χ0v) is 11.2. The van der Waals surface area contributed by atoms with Gasteiger partial charge < -0.3 is 14.8 Å². The number of nitrogens with one attached hydrogen (secondary N) is 1. The molecule has 0 bridgehead atoms. The zero-order valence-electron chi connectivity index (χ0n) is 11.2. The molecule has 0 aliphatic rings. The van der Waals surface area contributed by atoms with E-state index >= 15 is 0 Å². The van der Waals surface area contributed by atoms with Crippen LogP contribution in [0.4, 0.5) is 0 Å². The van der Waals surface area contributed by atoms with Crippen LogP contribution in [0.5, 0.6) is 5.75 Å². The van der Waals surface area contributed by atoms with Crippen LogP contribution < -0.4 is 10.1 Å². The van der Waals surface area contributed by atoms with E-state index in [0.29, 0.717) is 6.54 Å². The van der Waals surface area contributed by atoms with Gasteiger partial charge in [0.2, 0.25) is 0 Å². The fraction of sp³-hybridized carbons (Fsp3) is 0.500. The number of methoxy groups -OCH3 is 1. The number of carbonyl (C=O) groups is 1. The van der Waals surface area contributed by atoms with Crippen molar-refractivity contribution in [2.75, 3.05) is 20.2 Å². The third-order valence-electron chi connectivity index (χ3n) is 2.40.